The molecule has 0 radical (unpaired) electrons. The minimum Gasteiger partial charge on any atom is -0.508 e. The Morgan fingerprint density at radius 3 is 2.76 bits per heavy atom. The van der Waals surface area contributed by atoms with Crippen molar-refractivity contribution in [2.75, 3.05) is 6.54 Å². The Kier molecular flexibility index (Phi) is 6.41. The Labute approximate surface area is 211 Å². The molecule has 0 aromatic heterocycles. The second-order valence-electron chi connectivity index (χ2n) is 10.6. The Morgan fingerprint density at radius 2 is 1.97 bits per heavy atom. The molecule has 5 rings (SSSR count). The van der Waals surface area contributed by atoms with E-state index in [2.05, 4.69) is 18.3 Å². The zero-order valence-corrected chi connectivity index (χ0v) is 21.0. The molecule has 2 aromatic rings. The predicted molar refractivity (Wildman–Crippen MR) is 135 cm³/mol. The smallest absolute Gasteiger partial charge is 0.251 e. The highest BCUT2D eigenvalue weighted by Gasteiger charge is 2.58. The van der Waals surface area contributed by atoms with Gasteiger partial charge in [0, 0.05) is 23.9 Å². The van der Waals surface area contributed by atoms with Gasteiger partial charge in [-0.15, -0.1) is 0 Å². The van der Waals surface area contributed by atoms with Gasteiger partial charge >= 0.3 is 0 Å². The van der Waals surface area contributed by atoms with Crippen molar-refractivity contribution >= 4 is 34.9 Å². The molecule has 0 saturated heterocycles. The number of nitrogens with one attached hydrogen (secondary N) is 1. The second-order valence-corrected chi connectivity index (χ2v) is 11.4. The zero-order valence-electron chi connectivity index (χ0n) is 19.4. The van der Waals surface area contributed by atoms with Crippen LogP contribution in [0, 0.1) is 23.2 Å². The first-order chi connectivity index (χ1) is 16.3. The summed E-state index contributed by atoms with van der Waals surface area (Å²) in [6, 6.07) is 10.7. The molecule has 0 bridgehead atoms. The number of ketones is 1. The fourth-order valence-electron chi connectivity index (χ4n) is 7.20. The van der Waals surface area contributed by atoms with Crippen LogP contribution in [0.2, 0.25) is 10.0 Å². The summed E-state index contributed by atoms with van der Waals surface area (Å²) in [6.45, 7) is 2.78. The van der Waals surface area contributed by atoms with E-state index in [1.165, 1.54) is 11.1 Å². The van der Waals surface area contributed by atoms with E-state index in [4.69, 9.17) is 23.2 Å². The number of carbonyl (C=O) groups is 2. The van der Waals surface area contributed by atoms with Crippen molar-refractivity contribution in [2.45, 2.75) is 57.8 Å². The lowest BCUT2D eigenvalue weighted by molar-refractivity contribution is -0.129. The molecule has 3 aliphatic carbocycles. The third kappa shape index (κ3) is 4.13. The summed E-state index contributed by atoms with van der Waals surface area (Å²) in [5, 5.41) is 13.7. The average molecular weight is 500 g/mol. The molecule has 6 heteroatoms. The van der Waals surface area contributed by atoms with Gasteiger partial charge in [0.1, 0.15) is 11.5 Å². The van der Waals surface area contributed by atoms with Crippen LogP contribution in [0.3, 0.4) is 0 Å². The third-order valence-electron chi connectivity index (χ3n) is 8.77. The maximum Gasteiger partial charge on any atom is 0.251 e. The summed E-state index contributed by atoms with van der Waals surface area (Å²) in [4.78, 5) is 25.6. The van der Waals surface area contributed by atoms with Crippen LogP contribution >= 0.6 is 23.2 Å². The van der Waals surface area contributed by atoms with Crippen LogP contribution in [-0.4, -0.2) is 23.3 Å². The van der Waals surface area contributed by atoms with Crippen molar-refractivity contribution in [1.82, 2.24) is 5.32 Å². The number of halogens is 2. The number of aryl methyl sites for hydroxylation is 1. The first-order valence-corrected chi connectivity index (χ1v) is 13.1. The van der Waals surface area contributed by atoms with E-state index >= 15 is 0 Å². The minimum absolute atomic E-state index is 0.157. The lowest BCUT2D eigenvalue weighted by Gasteiger charge is -2.50. The Balaban J connectivity index is 1.25. The zero-order chi connectivity index (χ0) is 24.0. The van der Waals surface area contributed by atoms with Crippen molar-refractivity contribution in [3.8, 4) is 5.75 Å². The molecule has 4 nitrogen and oxygen atoms in total. The number of hydrogen-bond donors (Lipinski definition) is 2. The number of carbonyl (C=O) groups excluding carboxylic acids is 2. The molecule has 2 saturated carbocycles. The lowest BCUT2D eigenvalue weighted by Crippen LogP contribution is -2.44. The Hall–Kier alpha value is -2.04. The molecule has 1 amide bonds. The molecule has 0 heterocycles. The molecule has 0 spiro atoms. The van der Waals surface area contributed by atoms with Gasteiger partial charge in [0.15, 0.2) is 0 Å². The Bertz CT molecular complexity index is 1130. The summed E-state index contributed by atoms with van der Waals surface area (Å²) < 4.78 is 0. The molecule has 2 N–H and O–H groups in total. The van der Waals surface area contributed by atoms with Crippen LogP contribution < -0.4 is 5.32 Å². The predicted octanol–water partition coefficient (Wildman–Crippen LogP) is 6.56. The number of phenolic OH excluding ortho intramolecular Hbond substituents is 1. The lowest BCUT2D eigenvalue weighted by atomic mass is 9.54. The maximum absolute atomic E-state index is 13.2. The maximum atomic E-state index is 13.2. The van der Waals surface area contributed by atoms with Crippen molar-refractivity contribution < 1.29 is 14.7 Å². The number of hydrogen-bond acceptors (Lipinski definition) is 3. The van der Waals surface area contributed by atoms with Gasteiger partial charge in [0.05, 0.1) is 10.0 Å². The fourth-order valence-corrected chi connectivity index (χ4v) is 7.50. The number of aromatic hydroxyl groups is 1. The molecule has 2 aromatic carbocycles. The van der Waals surface area contributed by atoms with E-state index in [1.807, 2.05) is 12.1 Å². The first-order valence-electron chi connectivity index (χ1n) is 12.4. The molecule has 0 unspecified atom stereocenters. The van der Waals surface area contributed by atoms with Crippen molar-refractivity contribution in [1.29, 1.82) is 0 Å². The molecular weight excluding hydrogens is 469 g/mol. The van der Waals surface area contributed by atoms with Crippen LogP contribution in [0.4, 0.5) is 0 Å². The monoisotopic (exact) mass is 499 g/mol. The van der Waals surface area contributed by atoms with Gasteiger partial charge in [-0.05, 0) is 104 Å². The number of rotatable bonds is 5. The molecule has 180 valence electrons. The summed E-state index contributed by atoms with van der Waals surface area (Å²) in [5.41, 5.74) is 2.93. The topological polar surface area (TPSA) is 66.4 Å². The summed E-state index contributed by atoms with van der Waals surface area (Å²) in [6.07, 6.45) is 6.50. The molecular formula is C28H31Cl2NO3. The van der Waals surface area contributed by atoms with Crippen LogP contribution in [0.5, 0.6) is 5.75 Å². The van der Waals surface area contributed by atoms with Gasteiger partial charge in [-0.1, -0.05) is 36.2 Å². The molecule has 3 aliphatic rings. The number of amides is 1. The minimum atomic E-state index is -0.219. The van der Waals surface area contributed by atoms with Crippen LogP contribution in [0.25, 0.3) is 0 Å². The highest BCUT2D eigenvalue weighted by atomic mass is 35.5. The largest absolute Gasteiger partial charge is 0.508 e. The SMILES string of the molecule is C[C@]12CC[C@@H]3c4ccc(O)cc4CC[C@H]3[C@@H]1[C@@H](CCCNC(=O)c1ccc(Cl)c(Cl)c1)CC2=O. The first kappa shape index (κ1) is 23.7. The van der Waals surface area contributed by atoms with Gasteiger partial charge in [-0.3, -0.25) is 9.59 Å². The van der Waals surface area contributed by atoms with E-state index in [9.17, 15) is 14.7 Å². The van der Waals surface area contributed by atoms with Crippen LogP contribution in [0.1, 0.15) is 72.9 Å². The van der Waals surface area contributed by atoms with Gasteiger partial charge in [0.2, 0.25) is 0 Å². The highest BCUT2D eigenvalue weighted by Crippen LogP contribution is 2.62. The van der Waals surface area contributed by atoms with Gasteiger partial charge in [-0.25, -0.2) is 0 Å². The fraction of sp³-hybridized carbons (Fsp3) is 0.500. The van der Waals surface area contributed by atoms with Crippen molar-refractivity contribution in [3.63, 3.8) is 0 Å². The highest BCUT2D eigenvalue weighted by molar-refractivity contribution is 6.42. The molecule has 5 atom stereocenters. The summed E-state index contributed by atoms with van der Waals surface area (Å²) in [5.74, 6) is 2.36. The van der Waals surface area contributed by atoms with Gasteiger partial charge in [-0.2, -0.15) is 0 Å². The number of Topliss-reactive ketones (excluding diaryl/α,β-unsaturated/α-hetero) is 1. The van der Waals surface area contributed by atoms with E-state index < -0.39 is 0 Å². The number of phenols is 1. The van der Waals surface area contributed by atoms with Crippen molar-refractivity contribution in [3.05, 3.63) is 63.1 Å². The summed E-state index contributed by atoms with van der Waals surface area (Å²) in [7, 11) is 0. The Morgan fingerprint density at radius 1 is 1.15 bits per heavy atom. The standard InChI is InChI=1S/C28H31Cl2NO3/c1-28-11-10-21-20-8-6-19(32)13-16(20)4-7-22(21)26(28)17(15-25(28)33)3-2-12-31-27(34)18-5-9-23(29)24(30)14-18/h5-6,8-9,13-14,17,21-22,26,32H,2-4,7,10-12,15H2,1H3,(H,31,34)/t17-,21+,22+,26-,28+/m0/s1. The van der Waals surface area contributed by atoms with Crippen LogP contribution in [0.15, 0.2) is 36.4 Å². The van der Waals surface area contributed by atoms with Crippen molar-refractivity contribution in [2.24, 2.45) is 23.2 Å². The normalized spacial score (nSPS) is 29.8. The van der Waals surface area contributed by atoms with Gasteiger partial charge < -0.3 is 10.4 Å². The molecule has 34 heavy (non-hydrogen) atoms. The quantitative estimate of drug-likeness (QED) is 0.457. The van der Waals surface area contributed by atoms with E-state index in [-0.39, 0.29) is 11.3 Å². The third-order valence-corrected chi connectivity index (χ3v) is 9.51. The molecule has 2 fully saturated rings. The van der Waals surface area contributed by atoms with E-state index in [1.54, 1.807) is 18.2 Å². The summed E-state index contributed by atoms with van der Waals surface area (Å²) >= 11 is 12.0. The average Bonchev–Trinajstić information content (AvgIpc) is 3.07. The number of fused-ring (bicyclic) bond motifs is 5. The van der Waals surface area contributed by atoms with E-state index in [0.717, 1.165) is 38.5 Å². The second kappa shape index (κ2) is 9.20. The van der Waals surface area contributed by atoms with Crippen LogP contribution in [-0.2, 0) is 11.2 Å². The number of benzene rings is 2. The van der Waals surface area contributed by atoms with Gasteiger partial charge in [0.25, 0.3) is 5.91 Å². The molecule has 0 aliphatic heterocycles. The van der Waals surface area contributed by atoms with E-state index in [0.29, 0.717) is 63.8 Å².